The first-order valence-electron chi connectivity index (χ1n) is 5.62. The second-order valence-electron chi connectivity index (χ2n) is 4.50. The van der Waals surface area contributed by atoms with E-state index in [1.54, 1.807) is 25.4 Å². The van der Waals surface area contributed by atoms with E-state index in [1.807, 2.05) is 0 Å². The average molecular weight is 554 g/mol. The Bertz CT molecular complexity index is 449. The maximum Gasteiger partial charge on any atom is 0.115 e. The van der Waals surface area contributed by atoms with Crippen molar-refractivity contribution in [3.63, 3.8) is 0 Å². The van der Waals surface area contributed by atoms with E-state index >= 15 is 0 Å². The van der Waals surface area contributed by atoms with Crippen LogP contribution in [0.5, 0.6) is 0 Å². The summed E-state index contributed by atoms with van der Waals surface area (Å²) in [6.07, 6.45) is 1.64. The van der Waals surface area contributed by atoms with Gasteiger partial charge in [-0.25, -0.2) is 0 Å². The van der Waals surface area contributed by atoms with Gasteiger partial charge in [-0.2, -0.15) is 13.0 Å². The first-order chi connectivity index (χ1) is 8.61. The molecule has 0 saturated heterocycles. The molecule has 124 valence electrons. The number of aliphatic imine (C=N–C) groups is 1. The molecule has 0 saturated carbocycles. The fourth-order valence-corrected chi connectivity index (χ4v) is 1.11. The summed E-state index contributed by atoms with van der Waals surface area (Å²) in [5.74, 6) is 0. The van der Waals surface area contributed by atoms with Gasteiger partial charge in [-0.15, -0.1) is 0 Å². The molecule has 0 amide bonds. The molecule has 1 rings (SSSR count). The van der Waals surface area contributed by atoms with Crippen LogP contribution in [0.1, 0.15) is 26.3 Å². The molecule has 2 radical (unpaired) electrons. The molecule has 1 aromatic carbocycles. The van der Waals surface area contributed by atoms with Gasteiger partial charge >= 0.3 is 0 Å². The number of hydrogen-bond acceptors (Lipinski definition) is 4. The van der Waals surface area contributed by atoms with Crippen LogP contribution in [0.4, 0.5) is 5.69 Å². The van der Waals surface area contributed by atoms with Crippen molar-refractivity contribution >= 4 is 36.8 Å². The number of aliphatic hydroxyl groups excluding tert-OH is 1. The van der Waals surface area contributed by atoms with Gasteiger partial charge in [0, 0.05) is 29.5 Å². The SMILES string of the molecule is C[C-](O)C(C)(C)O.[B]c1ccc(N)c(C=NC)c1Cl.[CH3-].[Fm]. The van der Waals surface area contributed by atoms with Crippen LogP contribution in [0.15, 0.2) is 17.1 Å². The Morgan fingerprint density at radius 3 is 2.19 bits per heavy atom. The van der Waals surface area contributed by atoms with Gasteiger partial charge in [-0.1, -0.05) is 37.0 Å². The zero-order valence-electron chi connectivity index (χ0n) is 12.9. The summed E-state index contributed by atoms with van der Waals surface area (Å²) in [6.45, 7) is 4.53. The quantitative estimate of drug-likeness (QED) is 0.227. The van der Waals surface area contributed by atoms with Crippen molar-refractivity contribution in [2.45, 2.75) is 26.4 Å². The maximum atomic E-state index is 8.81. The third kappa shape index (κ3) is 7.97. The molecule has 0 aliphatic rings. The normalized spacial score (nSPS) is 10.5. The van der Waals surface area contributed by atoms with Crippen LogP contribution in [0, 0.1) is 13.5 Å². The van der Waals surface area contributed by atoms with E-state index in [0.29, 0.717) is 21.7 Å². The number of nitrogens with zero attached hydrogens (tertiary/aromatic N) is 1. The van der Waals surface area contributed by atoms with E-state index in [4.69, 9.17) is 35.4 Å². The summed E-state index contributed by atoms with van der Waals surface area (Å²) >= 11 is 5.88. The maximum absolute atomic E-state index is 8.81. The van der Waals surface area contributed by atoms with Crippen LogP contribution >= 0.6 is 11.6 Å². The molecular formula is C14H22BClFmN2O2-2. The molecule has 0 bridgehead atoms. The van der Waals surface area contributed by atoms with Crippen molar-refractivity contribution in [2.24, 2.45) is 4.99 Å². The zero-order chi connectivity index (χ0) is 15.2. The van der Waals surface area contributed by atoms with E-state index < -0.39 is 5.60 Å². The van der Waals surface area contributed by atoms with Crippen molar-refractivity contribution in [3.8, 4) is 0 Å². The smallest absolute Gasteiger partial charge is 0.115 e. The van der Waals surface area contributed by atoms with Crippen LogP contribution < -0.4 is 11.2 Å². The predicted molar refractivity (Wildman–Crippen MR) is 88.3 cm³/mol. The number of hydrogen-bond donors (Lipinski definition) is 3. The van der Waals surface area contributed by atoms with Gasteiger partial charge in [0.2, 0.25) is 0 Å². The molecule has 0 atom stereocenters. The van der Waals surface area contributed by atoms with Crippen LogP contribution in [-0.2, 0) is 0 Å². The monoisotopic (exact) mass is 553 g/mol. The van der Waals surface area contributed by atoms with Crippen molar-refractivity contribution in [1.82, 2.24) is 0 Å². The molecule has 1 aromatic rings. The molecule has 4 nitrogen and oxygen atoms in total. The topological polar surface area (TPSA) is 78.8 Å². The molecular weight excluding hydrogens is 531 g/mol. The van der Waals surface area contributed by atoms with Crippen LogP contribution in [0.25, 0.3) is 0 Å². The molecule has 0 aliphatic heterocycles. The molecule has 0 heterocycles. The molecule has 0 aromatic heterocycles. The third-order valence-electron chi connectivity index (χ3n) is 2.39. The number of anilines is 1. The van der Waals surface area contributed by atoms with Gasteiger partial charge in [-0.05, 0) is 11.7 Å². The minimum Gasteiger partial charge on any atom is -0.560 e. The third-order valence-corrected chi connectivity index (χ3v) is 2.81. The number of aliphatic hydroxyl groups is 2. The molecule has 0 unspecified atom stereocenters. The summed E-state index contributed by atoms with van der Waals surface area (Å²) < 4.78 is 0. The Morgan fingerprint density at radius 2 is 1.86 bits per heavy atom. The Hall–Kier alpha value is -2.04. The molecule has 0 fully saturated rings. The molecule has 7 heteroatoms. The first-order valence-corrected chi connectivity index (χ1v) is 6.00. The number of benzene rings is 1. The Morgan fingerprint density at radius 1 is 1.43 bits per heavy atom. The van der Waals surface area contributed by atoms with Gasteiger partial charge in [-0.3, -0.25) is 4.99 Å². The van der Waals surface area contributed by atoms with Crippen molar-refractivity contribution < 1.29 is 10.2 Å². The Labute approximate surface area is 128 Å². The van der Waals surface area contributed by atoms with Crippen LogP contribution in [0.3, 0.4) is 0 Å². The number of nitrogens with two attached hydrogens (primary N) is 1. The largest absolute Gasteiger partial charge is 0.560 e. The number of nitrogen functional groups attached to an aromatic ring is 1. The first kappa shape index (κ1) is 24.0. The van der Waals surface area contributed by atoms with Crippen molar-refractivity contribution in [1.29, 1.82) is 0 Å². The fraction of sp³-hybridized carbons (Fsp3) is 0.357. The second kappa shape index (κ2) is 9.80. The van der Waals surface area contributed by atoms with Crippen molar-refractivity contribution in [2.75, 3.05) is 12.8 Å². The van der Waals surface area contributed by atoms with Gasteiger partial charge in [0.15, 0.2) is 0 Å². The second-order valence-corrected chi connectivity index (χ2v) is 4.88. The Kier molecular flexibility index (Phi) is 11.2. The summed E-state index contributed by atoms with van der Waals surface area (Å²) in [5.41, 5.74) is 6.39. The van der Waals surface area contributed by atoms with Crippen molar-refractivity contribution in [3.05, 3.63) is 36.2 Å². The van der Waals surface area contributed by atoms with Gasteiger partial charge in [0.05, 0.1) is 0 Å². The zero-order valence-corrected chi connectivity index (χ0v) is 16.1. The van der Waals surface area contributed by atoms with Crippen LogP contribution in [0.2, 0.25) is 5.02 Å². The minimum absolute atomic E-state index is 0. The average Bonchev–Trinajstić information content (AvgIpc) is 2.29. The molecule has 0 spiro atoms. The van der Waals surface area contributed by atoms with Gasteiger partial charge < -0.3 is 23.4 Å². The fourth-order valence-electron chi connectivity index (χ4n) is 0.885. The standard InChI is InChI=1S/C8H8BClN2.C5H11O2.CH3.Fm/c1-12-4-5-7(11)3-2-6(9)8(5)10;1-4(6)5(2,3)7;;/h2-4H,11H2,1H3;6-7H,1-3H3;1H3;/q;2*-1;. The molecule has 21 heavy (non-hydrogen) atoms. The summed E-state index contributed by atoms with van der Waals surface area (Å²) in [4.78, 5) is 3.82. The van der Waals surface area contributed by atoms with E-state index in [9.17, 15) is 0 Å². The number of rotatable bonds is 2. The number of halogens is 1. The predicted octanol–water partition coefficient (Wildman–Crippen LogP) is 1.90. The van der Waals surface area contributed by atoms with E-state index in [2.05, 4.69) is 4.99 Å². The molecule has 4 N–H and O–H groups in total. The van der Waals surface area contributed by atoms with Gasteiger partial charge in [0.25, 0.3) is 0 Å². The van der Waals surface area contributed by atoms with E-state index in [-0.39, 0.29) is 13.5 Å². The summed E-state index contributed by atoms with van der Waals surface area (Å²) in [5, 5.41) is 17.8. The summed E-state index contributed by atoms with van der Waals surface area (Å²) in [6, 6.07) is 3.38. The molecule has 0 aliphatic carbocycles. The Balaban J connectivity index is -0.000000317. The van der Waals surface area contributed by atoms with Gasteiger partial charge in [0.1, 0.15) is 7.85 Å². The van der Waals surface area contributed by atoms with E-state index in [0.717, 1.165) is 0 Å². The minimum atomic E-state index is -1.03. The van der Waals surface area contributed by atoms with E-state index in [1.165, 1.54) is 20.8 Å². The summed E-state index contributed by atoms with van der Waals surface area (Å²) in [7, 11) is 7.22. The van der Waals surface area contributed by atoms with Crippen LogP contribution in [-0.4, -0.2) is 36.9 Å².